The highest BCUT2D eigenvalue weighted by molar-refractivity contribution is 7.13. The molecule has 1 saturated heterocycles. The minimum atomic E-state index is 0.0494. The Morgan fingerprint density at radius 2 is 1.90 bits per heavy atom. The van der Waals surface area contributed by atoms with Crippen molar-refractivity contribution in [2.24, 2.45) is 5.73 Å². The molecule has 0 spiro atoms. The summed E-state index contributed by atoms with van der Waals surface area (Å²) in [6.45, 7) is 5.90. The van der Waals surface area contributed by atoms with Crippen molar-refractivity contribution in [3.63, 3.8) is 0 Å². The molecule has 3 heterocycles. The Morgan fingerprint density at radius 3 is 2.55 bits per heavy atom. The van der Waals surface area contributed by atoms with Crippen LogP contribution in [0.2, 0.25) is 0 Å². The minimum absolute atomic E-state index is 0.0494. The van der Waals surface area contributed by atoms with Gasteiger partial charge < -0.3 is 15.5 Å². The smallest absolute Gasteiger partial charge is 0.185 e. The monoisotopic (exact) mass is 289 g/mol. The highest BCUT2D eigenvalue weighted by Crippen LogP contribution is 2.22. The number of piperazine rings is 1. The topological polar surface area (TPSA) is 58.3 Å². The molecule has 0 aliphatic carbocycles. The number of nitrogens with two attached hydrogens (primary N) is 1. The summed E-state index contributed by atoms with van der Waals surface area (Å²) in [5.74, 6) is 1.03. The summed E-state index contributed by atoms with van der Waals surface area (Å²) < 4.78 is 0. The normalized spacial score (nSPS) is 17.3. The van der Waals surface area contributed by atoms with Gasteiger partial charge in [0, 0.05) is 50.0 Å². The highest BCUT2D eigenvalue weighted by atomic mass is 32.1. The maximum absolute atomic E-state index is 5.94. The third-order valence-corrected chi connectivity index (χ3v) is 4.42. The quantitative estimate of drug-likeness (QED) is 0.935. The second kappa shape index (κ2) is 5.76. The highest BCUT2D eigenvalue weighted by Gasteiger charge is 2.19. The molecule has 1 aliphatic rings. The summed E-state index contributed by atoms with van der Waals surface area (Å²) in [5.41, 5.74) is 7.07. The van der Waals surface area contributed by atoms with Gasteiger partial charge in [0.05, 0.1) is 0 Å². The predicted molar refractivity (Wildman–Crippen MR) is 83.4 cm³/mol. The lowest BCUT2D eigenvalue weighted by Gasteiger charge is -2.35. The van der Waals surface area contributed by atoms with Crippen LogP contribution in [0.1, 0.15) is 18.5 Å². The molecule has 1 aliphatic heterocycles. The van der Waals surface area contributed by atoms with Gasteiger partial charge in [-0.1, -0.05) is 0 Å². The third-order valence-electron chi connectivity index (χ3n) is 3.59. The first-order chi connectivity index (χ1) is 9.74. The fourth-order valence-electron chi connectivity index (χ4n) is 2.39. The molecule has 0 radical (unpaired) electrons. The first kappa shape index (κ1) is 13.3. The minimum Gasteiger partial charge on any atom is -0.353 e. The predicted octanol–water partition coefficient (Wildman–Crippen LogP) is 1.88. The van der Waals surface area contributed by atoms with E-state index in [4.69, 9.17) is 5.73 Å². The Labute approximate surface area is 123 Å². The SMILES string of the molecule is C[C@H](N)c1ccnc(N2CCN(c3nccs3)CC2)c1. The molecule has 0 bridgehead atoms. The molecule has 0 aromatic carbocycles. The second-order valence-electron chi connectivity index (χ2n) is 5.02. The van der Waals surface area contributed by atoms with Crippen LogP contribution in [0.25, 0.3) is 0 Å². The summed E-state index contributed by atoms with van der Waals surface area (Å²) in [6, 6.07) is 4.14. The van der Waals surface area contributed by atoms with E-state index in [1.165, 1.54) is 0 Å². The maximum Gasteiger partial charge on any atom is 0.185 e. The van der Waals surface area contributed by atoms with E-state index < -0.39 is 0 Å². The molecular weight excluding hydrogens is 270 g/mol. The molecular formula is C14H19N5S. The number of pyridine rings is 1. The van der Waals surface area contributed by atoms with Crippen molar-refractivity contribution in [2.75, 3.05) is 36.0 Å². The van der Waals surface area contributed by atoms with E-state index in [0.717, 1.165) is 42.7 Å². The van der Waals surface area contributed by atoms with Crippen LogP contribution in [0.4, 0.5) is 10.9 Å². The molecule has 2 aromatic rings. The average molecular weight is 289 g/mol. The van der Waals surface area contributed by atoms with Crippen LogP contribution in [-0.2, 0) is 0 Å². The molecule has 1 atom stereocenters. The van der Waals surface area contributed by atoms with Crippen molar-refractivity contribution >= 4 is 22.3 Å². The largest absolute Gasteiger partial charge is 0.353 e. The van der Waals surface area contributed by atoms with Gasteiger partial charge in [-0.15, -0.1) is 11.3 Å². The molecule has 1 fully saturated rings. The van der Waals surface area contributed by atoms with Crippen LogP contribution in [0.15, 0.2) is 29.9 Å². The van der Waals surface area contributed by atoms with Gasteiger partial charge in [0.1, 0.15) is 5.82 Å². The lowest BCUT2D eigenvalue weighted by molar-refractivity contribution is 0.645. The van der Waals surface area contributed by atoms with Crippen LogP contribution in [0.3, 0.4) is 0 Å². The van der Waals surface area contributed by atoms with Crippen LogP contribution in [-0.4, -0.2) is 36.1 Å². The van der Waals surface area contributed by atoms with Crippen LogP contribution in [0.5, 0.6) is 0 Å². The van der Waals surface area contributed by atoms with E-state index in [-0.39, 0.29) is 6.04 Å². The lowest BCUT2D eigenvalue weighted by Crippen LogP contribution is -2.46. The van der Waals surface area contributed by atoms with Gasteiger partial charge >= 0.3 is 0 Å². The molecule has 2 aromatic heterocycles. The van der Waals surface area contributed by atoms with Crippen molar-refractivity contribution in [3.8, 4) is 0 Å². The fourth-order valence-corrected chi connectivity index (χ4v) is 3.09. The van der Waals surface area contributed by atoms with E-state index >= 15 is 0 Å². The molecule has 20 heavy (non-hydrogen) atoms. The number of hydrogen-bond donors (Lipinski definition) is 1. The van der Waals surface area contributed by atoms with Gasteiger partial charge in [-0.2, -0.15) is 0 Å². The maximum atomic E-state index is 5.94. The van der Waals surface area contributed by atoms with E-state index in [2.05, 4.69) is 25.8 Å². The first-order valence-electron chi connectivity index (χ1n) is 6.85. The lowest BCUT2D eigenvalue weighted by atomic mass is 10.1. The summed E-state index contributed by atoms with van der Waals surface area (Å²) >= 11 is 1.70. The number of nitrogens with zero attached hydrogens (tertiary/aromatic N) is 4. The molecule has 106 valence electrons. The van der Waals surface area contributed by atoms with Gasteiger partial charge in [0.2, 0.25) is 0 Å². The number of hydrogen-bond acceptors (Lipinski definition) is 6. The Kier molecular flexibility index (Phi) is 3.84. The Hall–Kier alpha value is -1.66. The van der Waals surface area contributed by atoms with Gasteiger partial charge in [-0.05, 0) is 24.6 Å². The van der Waals surface area contributed by atoms with Crippen LogP contribution < -0.4 is 15.5 Å². The average Bonchev–Trinajstić information content (AvgIpc) is 3.02. The zero-order chi connectivity index (χ0) is 13.9. The molecule has 3 rings (SSSR count). The summed E-state index contributed by atoms with van der Waals surface area (Å²) in [4.78, 5) is 13.5. The molecule has 0 saturated carbocycles. The number of aromatic nitrogens is 2. The van der Waals surface area contributed by atoms with E-state index in [1.807, 2.05) is 30.8 Å². The van der Waals surface area contributed by atoms with Gasteiger partial charge in [0.25, 0.3) is 0 Å². The summed E-state index contributed by atoms with van der Waals surface area (Å²) in [6.07, 6.45) is 3.71. The molecule has 2 N–H and O–H groups in total. The van der Waals surface area contributed by atoms with E-state index in [9.17, 15) is 0 Å². The molecule has 6 heteroatoms. The summed E-state index contributed by atoms with van der Waals surface area (Å²) in [5, 5.41) is 3.14. The van der Waals surface area contributed by atoms with Crippen molar-refractivity contribution in [3.05, 3.63) is 35.5 Å². The second-order valence-corrected chi connectivity index (χ2v) is 5.90. The third kappa shape index (κ3) is 2.76. The first-order valence-corrected chi connectivity index (χ1v) is 7.73. The van der Waals surface area contributed by atoms with Gasteiger partial charge in [0.15, 0.2) is 5.13 Å². The zero-order valence-electron chi connectivity index (χ0n) is 11.6. The number of thiazole rings is 1. The van der Waals surface area contributed by atoms with E-state index in [0.29, 0.717) is 0 Å². The molecule has 0 amide bonds. The standard InChI is InChI=1S/C14H19N5S/c1-11(15)12-2-3-16-13(10-12)18-5-7-19(8-6-18)14-17-4-9-20-14/h2-4,9-11H,5-8,15H2,1H3/t11-/m0/s1. The van der Waals surface area contributed by atoms with Crippen molar-refractivity contribution in [1.82, 2.24) is 9.97 Å². The molecule has 5 nitrogen and oxygen atoms in total. The van der Waals surface area contributed by atoms with Gasteiger partial charge in [-0.3, -0.25) is 0 Å². The summed E-state index contributed by atoms with van der Waals surface area (Å²) in [7, 11) is 0. The van der Waals surface area contributed by atoms with E-state index in [1.54, 1.807) is 11.3 Å². The Balaban J connectivity index is 1.67. The Morgan fingerprint density at radius 1 is 1.15 bits per heavy atom. The van der Waals surface area contributed by atoms with Crippen LogP contribution >= 0.6 is 11.3 Å². The Bertz CT molecular complexity index is 546. The zero-order valence-corrected chi connectivity index (χ0v) is 12.4. The number of anilines is 2. The van der Waals surface area contributed by atoms with Gasteiger partial charge in [-0.25, -0.2) is 9.97 Å². The van der Waals surface area contributed by atoms with Crippen molar-refractivity contribution in [1.29, 1.82) is 0 Å². The van der Waals surface area contributed by atoms with Crippen LogP contribution in [0, 0.1) is 0 Å². The van der Waals surface area contributed by atoms with Crippen molar-refractivity contribution in [2.45, 2.75) is 13.0 Å². The fraction of sp³-hybridized carbons (Fsp3) is 0.429. The molecule has 0 unspecified atom stereocenters. The van der Waals surface area contributed by atoms with Crippen molar-refractivity contribution < 1.29 is 0 Å². The number of rotatable bonds is 3.